The predicted molar refractivity (Wildman–Crippen MR) is 60.0 cm³/mol. The van der Waals surface area contributed by atoms with Crippen LogP contribution in [0.5, 0.6) is 0 Å². The zero-order valence-corrected chi connectivity index (χ0v) is 9.82. The molecule has 0 fully saturated rings. The summed E-state index contributed by atoms with van der Waals surface area (Å²) in [5.41, 5.74) is 0.318. The molecule has 2 rings (SSSR count). The number of halogens is 3. The Balaban J connectivity index is 2.41. The summed E-state index contributed by atoms with van der Waals surface area (Å²) in [5, 5.41) is 0. The van der Waals surface area contributed by atoms with Gasteiger partial charge >= 0.3 is 6.18 Å². The number of rotatable bonds is 0. The minimum atomic E-state index is -4.25. The SMILES string of the molecule is CC1CSc2cc(C(F)(F)F)ccc2N1C. The molecule has 0 aromatic heterocycles. The van der Waals surface area contributed by atoms with E-state index in [4.69, 9.17) is 0 Å². The van der Waals surface area contributed by atoms with Crippen LogP contribution < -0.4 is 4.90 Å². The first-order valence-corrected chi connectivity index (χ1v) is 5.95. The van der Waals surface area contributed by atoms with Crippen LogP contribution in [0.3, 0.4) is 0 Å². The van der Waals surface area contributed by atoms with Crippen molar-refractivity contribution in [3.63, 3.8) is 0 Å². The van der Waals surface area contributed by atoms with E-state index in [1.54, 1.807) is 6.07 Å². The van der Waals surface area contributed by atoms with Gasteiger partial charge in [0.1, 0.15) is 0 Å². The molecule has 1 nitrogen and oxygen atoms in total. The minimum Gasteiger partial charge on any atom is -0.370 e. The van der Waals surface area contributed by atoms with E-state index in [0.717, 1.165) is 22.4 Å². The van der Waals surface area contributed by atoms with Crippen molar-refractivity contribution in [2.75, 3.05) is 17.7 Å². The molecular weight excluding hydrogens is 235 g/mol. The first kappa shape index (κ1) is 11.6. The van der Waals surface area contributed by atoms with Gasteiger partial charge < -0.3 is 4.90 Å². The first-order chi connectivity index (χ1) is 7.39. The summed E-state index contributed by atoms with van der Waals surface area (Å²) >= 11 is 1.49. The fourth-order valence-electron chi connectivity index (χ4n) is 1.66. The molecule has 88 valence electrons. The first-order valence-electron chi connectivity index (χ1n) is 4.96. The molecule has 16 heavy (non-hydrogen) atoms. The van der Waals surface area contributed by atoms with Gasteiger partial charge in [-0.15, -0.1) is 11.8 Å². The van der Waals surface area contributed by atoms with Gasteiger partial charge in [0.15, 0.2) is 0 Å². The van der Waals surface area contributed by atoms with Crippen molar-refractivity contribution in [1.82, 2.24) is 0 Å². The van der Waals surface area contributed by atoms with Crippen molar-refractivity contribution < 1.29 is 13.2 Å². The molecule has 1 aromatic rings. The maximum Gasteiger partial charge on any atom is 0.416 e. The lowest BCUT2D eigenvalue weighted by Gasteiger charge is -2.33. The molecule has 0 spiro atoms. The molecular formula is C11H12F3NS. The van der Waals surface area contributed by atoms with Crippen molar-refractivity contribution >= 4 is 17.4 Å². The van der Waals surface area contributed by atoms with Crippen LogP contribution in [0.15, 0.2) is 23.1 Å². The number of alkyl halides is 3. The molecule has 0 radical (unpaired) electrons. The Bertz CT molecular complexity index is 403. The maximum absolute atomic E-state index is 12.5. The fourth-order valence-corrected chi connectivity index (χ4v) is 2.87. The highest BCUT2D eigenvalue weighted by Gasteiger charge is 2.32. The van der Waals surface area contributed by atoms with Gasteiger partial charge in [-0.2, -0.15) is 13.2 Å². The lowest BCUT2D eigenvalue weighted by atomic mass is 10.1. The number of hydrogen-bond donors (Lipinski definition) is 0. The Kier molecular flexibility index (Phi) is 2.82. The van der Waals surface area contributed by atoms with Crippen LogP contribution in [0, 0.1) is 0 Å². The third kappa shape index (κ3) is 2.00. The number of fused-ring (bicyclic) bond motifs is 1. The summed E-state index contributed by atoms with van der Waals surface area (Å²) in [6.45, 7) is 2.06. The summed E-state index contributed by atoms with van der Waals surface area (Å²) in [7, 11) is 1.91. The topological polar surface area (TPSA) is 3.24 Å². The Morgan fingerprint density at radius 3 is 2.69 bits per heavy atom. The van der Waals surface area contributed by atoms with E-state index in [-0.39, 0.29) is 0 Å². The van der Waals surface area contributed by atoms with Gasteiger partial charge in [-0.25, -0.2) is 0 Å². The van der Waals surface area contributed by atoms with Gasteiger partial charge in [0, 0.05) is 23.7 Å². The van der Waals surface area contributed by atoms with Crippen LogP contribution in [0.1, 0.15) is 12.5 Å². The Labute approximate surface area is 96.6 Å². The van der Waals surface area contributed by atoms with Gasteiger partial charge in [-0.3, -0.25) is 0 Å². The molecule has 1 aliphatic heterocycles. The molecule has 5 heteroatoms. The Hall–Kier alpha value is -0.840. The van der Waals surface area contributed by atoms with Crippen LogP contribution in [-0.2, 0) is 6.18 Å². The number of anilines is 1. The summed E-state index contributed by atoms with van der Waals surface area (Å²) in [6.07, 6.45) is -4.25. The fraction of sp³-hybridized carbons (Fsp3) is 0.455. The quantitative estimate of drug-likeness (QED) is 0.688. The van der Waals surface area contributed by atoms with Gasteiger partial charge in [0.2, 0.25) is 0 Å². The smallest absolute Gasteiger partial charge is 0.370 e. The van der Waals surface area contributed by atoms with Crippen LogP contribution in [0.25, 0.3) is 0 Å². The van der Waals surface area contributed by atoms with Gasteiger partial charge in [0.25, 0.3) is 0 Å². The molecule has 0 saturated carbocycles. The molecule has 1 aliphatic rings. The third-order valence-corrected chi connectivity index (χ3v) is 4.10. The van der Waals surface area contributed by atoms with E-state index in [1.807, 2.05) is 11.9 Å². The van der Waals surface area contributed by atoms with E-state index >= 15 is 0 Å². The summed E-state index contributed by atoms with van der Waals surface area (Å²) in [6, 6.07) is 4.30. The van der Waals surface area contributed by atoms with E-state index < -0.39 is 11.7 Å². The molecule has 1 heterocycles. The minimum absolute atomic E-state index is 0.356. The van der Waals surface area contributed by atoms with Crippen LogP contribution in [0.2, 0.25) is 0 Å². The average Bonchev–Trinajstić information content (AvgIpc) is 2.22. The molecule has 1 atom stereocenters. The second kappa shape index (κ2) is 3.87. The second-order valence-electron chi connectivity index (χ2n) is 3.95. The molecule has 0 bridgehead atoms. The van der Waals surface area contributed by atoms with Crippen molar-refractivity contribution in [2.45, 2.75) is 24.0 Å². The number of benzene rings is 1. The zero-order valence-electron chi connectivity index (χ0n) is 9.01. The Morgan fingerprint density at radius 2 is 2.06 bits per heavy atom. The van der Waals surface area contributed by atoms with Gasteiger partial charge in [-0.1, -0.05) is 0 Å². The number of hydrogen-bond acceptors (Lipinski definition) is 2. The standard InChI is InChI=1S/C11H12F3NS/c1-7-6-16-10-5-8(11(12,13)14)3-4-9(10)15(7)2/h3-5,7H,6H2,1-2H3. The third-order valence-electron chi connectivity index (χ3n) is 2.81. The lowest BCUT2D eigenvalue weighted by molar-refractivity contribution is -0.137. The maximum atomic E-state index is 12.5. The summed E-state index contributed by atoms with van der Waals surface area (Å²) < 4.78 is 37.5. The highest BCUT2D eigenvalue weighted by atomic mass is 32.2. The van der Waals surface area contributed by atoms with E-state index in [1.165, 1.54) is 17.8 Å². The van der Waals surface area contributed by atoms with Crippen molar-refractivity contribution in [1.29, 1.82) is 0 Å². The van der Waals surface area contributed by atoms with Crippen molar-refractivity contribution in [2.24, 2.45) is 0 Å². The summed E-state index contributed by atoms with van der Waals surface area (Å²) in [5.74, 6) is 0.824. The number of nitrogens with zero attached hydrogens (tertiary/aromatic N) is 1. The van der Waals surface area contributed by atoms with E-state index in [2.05, 4.69) is 6.92 Å². The molecule has 0 amide bonds. The van der Waals surface area contributed by atoms with Crippen molar-refractivity contribution in [3.8, 4) is 0 Å². The monoisotopic (exact) mass is 247 g/mol. The van der Waals surface area contributed by atoms with Gasteiger partial charge in [0.05, 0.1) is 11.3 Å². The highest BCUT2D eigenvalue weighted by molar-refractivity contribution is 7.99. The number of thioether (sulfide) groups is 1. The lowest BCUT2D eigenvalue weighted by Crippen LogP contribution is -2.34. The molecule has 0 N–H and O–H groups in total. The zero-order chi connectivity index (χ0) is 11.9. The highest BCUT2D eigenvalue weighted by Crippen LogP contribution is 2.40. The predicted octanol–water partition coefficient (Wildman–Crippen LogP) is 3.64. The largest absolute Gasteiger partial charge is 0.416 e. The van der Waals surface area contributed by atoms with Crippen molar-refractivity contribution in [3.05, 3.63) is 23.8 Å². The summed E-state index contributed by atoms with van der Waals surface area (Å²) in [4.78, 5) is 2.74. The van der Waals surface area contributed by atoms with Crippen LogP contribution in [0.4, 0.5) is 18.9 Å². The molecule has 1 aromatic carbocycles. The van der Waals surface area contributed by atoms with E-state index in [9.17, 15) is 13.2 Å². The molecule has 0 saturated heterocycles. The molecule has 1 unspecified atom stereocenters. The van der Waals surface area contributed by atoms with E-state index in [0.29, 0.717) is 6.04 Å². The second-order valence-corrected chi connectivity index (χ2v) is 5.01. The van der Waals surface area contributed by atoms with Gasteiger partial charge in [-0.05, 0) is 25.1 Å². The Morgan fingerprint density at radius 1 is 1.38 bits per heavy atom. The van der Waals surface area contributed by atoms with Crippen LogP contribution in [-0.4, -0.2) is 18.8 Å². The normalized spacial score (nSPS) is 20.8. The van der Waals surface area contributed by atoms with Crippen LogP contribution >= 0.6 is 11.8 Å². The average molecular weight is 247 g/mol. The molecule has 0 aliphatic carbocycles.